The number of aromatic nitrogens is 2. The molecule has 3 aromatic rings. The first kappa shape index (κ1) is 18.6. The SMILES string of the molecule is O=C(Nc1cccc(Br)c1)N1CCCCC1c1nc(-c2ccc(F)cc2)no1. The Morgan fingerprint density at radius 1 is 1.21 bits per heavy atom. The largest absolute Gasteiger partial charge is 0.337 e. The molecular formula is C20H18BrFN4O2. The number of hydrogen-bond acceptors (Lipinski definition) is 4. The summed E-state index contributed by atoms with van der Waals surface area (Å²) in [7, 11) is 0. The van der Waals surface area contributed by atoms with Crippen molar-refractivity contribution in [2.24, 2.45) is 0 Å². The molecule has 8 heteroatoms. The highest BCUT2D eigenvalue weighted by molar-refractivity contribution is 9.10. The molecule has 1 aliphatic rings. The molecule has 144 valence electrons. The lowest BCUT2D eigenvalue weighted by molar-refractivity contribution is 0.142. The molecule has 2 heterocycles. The molecule has 0 saturated carbocycles. The normalized spacial score (nSPS) is 16.8. The summed E-state index contributed by atoms with van der Waals surface area (Å²) in [5.74, 6) is 0.450. The van der Waals surface area contributed by atoms with Gasteiger partial charge in [-0.15, -0.1) is 0 Å². The van der Waals surface area contributed by atoms with E-state index in [4.69, 9.17) is 4.52 Å². The van der Waals surface area contributed by atoms with Crippen molar-refractivity contribution in [3.05, 3.63) is 64.7 Å². The fourth-order valence-corrected chi connectivity index (χ4v) is 3.68. The van der Waals surface area contributed by atoms with E-state index in [-0.39, 0.29) is 17.9 Å². The van der Waals surface area contributed by atoms with E-state index in [0.29, 0.717) is 29.5 Å². The summed E-state index contributed by atoms with van der Waals surface area (Å²) >= 11 is 3.40. The van der Waals surface area contributed by atoms with Gasteiger partial charge in [0, 0.05) is 22.3 Å². The van der Waals surface area contributed by atoms with Gasteiger partial charge in [0.05, 0.1) is 0 Å². The number of halogens is 2. The Morgan fingerprint density at radius 2 is 2.04 bits per heavy atom. The third-order valence-corrected chi connectivity index (χ3v) is 5.16. The molecule has 1 atom stereocenters. The molecule has 1 N–H and O–H groups in total. The maximum atomic E-state index is 13.1. The first-order valence-corrected chi connectivity index (χ1v) is 9.82. The maximum Gasteiger partial charge on any atom is 0.322 e. The van der Waals surface area contributed by atoms with Crippen LogP contribution >= 0.6 is 15.9 Å². The quantitative estimate of drug-likeness (QED) is 0.586. The van der Waals surface area contributed by atoms with Crippen LogP contribution in [-0.2, 0) is 0 Å². The van der Waals surface area contributed by atoms with E-state index >= 15 is 0 Å². The number of benzene rings is 2. The summed E-state index contributed by atoms with van der Waals surface area (Å²) in [6.45, 7) is 0.610. The van der Waals surface area contributed by atoms with Crippen molar-refractivity contribution >= 4 is 27.6 Å². The fourth-order valence-electron chi connectivity index (χ4n) is 3.28. The van der Waals surface area contributed by atoms with Crippen LogP contribution in [-0.4, -0.2) is 27.6 Å². The van der Waals surface area contributed by atoms with Crippen LogP contribution in [0.2, 0.25) is 0 Å². The lowest BCUT2D eigenvalue weighted by Gasteiger charge is -2.33. The molecule has 0 aliphatic carbocycles. The van der Waals surface area contributed by atoms with E-state index in [2.05, 4.69) is 31.4 Å². The minimum atomic E-state index is -0.324. The Hall–Kier alpha value is -2.74. The zero-order valence-corrected chi connectivity index (χ0v) is 16.5. The predicted molar refractivity (Wildman–Crippen MR) is 106 cm³/mol. The summed E-state index contributed by atoms with van der Waals surface area (Å²) in [5, 5.41) is 6.93. The molecule has 0 radical (unpaired) electrons. The number of hydrogen-bond donors (Lipinski definition) is 1. The lowest BCUT2D eigenvalue weighted by atomic mass is 10.0. The van der Waals surface area contributed by atoms with Crippen molar-refractivity contribution in [2.45, 2.75) is 25.3 Å². The van der Waals surface area contributed by atoms with Gasteiger partial charge in [-0.05, 0) is 61.7 Å². The number of carbonyl (C=O) groups is 1. The number of anilines is 1. The summed E-state index contributed by atoms with van der Waals surface area (Å²) in [6.07, 6.45) is 2.64. The van der Waals surface area contributed by atoms with Crippen LogP contribution in [0.3, 0.4) is 0 Å². The van der Waals surface area contributed by atoms with Crippen molar-refractivity contribution in [3.63, 3.8) is 0 Å². The average molecular weight is 445 g/mol. The van der Waals surface area contributed by atoms with Crippen molar-refractivity contribution in [1.29, 1.82) is 0 Å². The van der Waals surface area contributed by atoms with Crippen LogP contribution in [0.25, 0.3) is 11.4 Å². The standard InChI is InChI=1S/C20H18BrFN4O2/c21-14-4-3-5-16(12-14)23-20(27)26-11-2-1-6-17(26)19-24-18(25-28-19)13-7-9-15(22)10-8-13/h3-5,7-10,12,17H,1-2,6,11H2,(H,23,27). The van der Waals surface area contributed by atoms with Gasteiger partial charge in [-0.25, -0.2) is 9.18 Å². The Bertz CT molecular complexity index is 976. The van der Waals surface area contributed by atoms with E-state index in [1.165, 1.54) is 12.1 Å². The number of likely N-dealkylation sites (tertiary alicyclic amines) is 1. The molecule has 1 aliphatic heterocycles. The summed E-state index contributed by atoms with van der Waals surface area (Å²) in [6, 6.07) is 12.8. The second kappa shape index (κ2) is 8.10. The number of amides is 2. The van der Waals surface area contributed by atoms with Crippen molar-refractivity contribution in [2.75, 3.05) is 11.9 Å². The second-order valence-corrected chi connectivity index (χ2v) is 7.52. The van der Waals surface area contributed by atoms with Crippen molar-refractivity contribution in [3.8, 4) is 11.4 Å². The topological polar surface area (TPSA) is 71.3 Å². The van der Waals surface area contributed by atoms with Gasteiger partial charge in [-0.2, -0.15) is 4.98 Å². The van der Waals surface area contributed by atoms with Gasteiger partial charge in [0.2, 0.25) is 11.7 Å². The molecule has 28 heavy (non-hydrogen) atoms. The van der Waals surface area contributed by atoms with Gasteiger partial charge in [-0.1, -0.05) is 27.2 Å². The molecule has 0 spiro atoms. The molecule has 1 unspecified atom stereocenters. The summed E-state index contributed by atoms with van der Waals surface area (Å²) in [5.41, 5.74) is 1.37. The number of nitrogens with zero attached hydrogens (tertiary/aromatic N) is 3. The van der Waals surface area contributed by atoms with Crippen LogP contribution in [0, 0.1) is 5.82 Å². The van der Waals surface area contributed by atoms with E-state index in [1.54, 1.807) is 17.0 Å². The van der Waals surface area contributed by atoms with Gasteiger partial charge < -0.3 is 14.7 Å². The Labute approximate surface area is 169 Å². The second-order valence-electron chi connectivity index (χ2n) is 6.61. The molecular weight excluding hydrogens is 427 g/mol. The highest BCUT2D eigenvalue weighted by Crippen LogP contribution is 2.32. The molecule has 6 nitrogen and oxygen atoms in total. The fraction of sp³-hybridized carbons (Fsp3) is 0.250. The molecule has 4 rings (SSSR count). The van der Waals surface area contributed by atoms with Gasteiger partial charge in [0.15, 0.2) is 0 Å². The first-order valence-electron chi connectivity index (χ1n) is 9.03. The molecule has 0 bridgehead atoms. The van der Waals surface area contributed by atoms with Gasteiger partial charge in [0.25, 0.3) is 0 Å². The number of carbonyl (C=O) groups excluding carboxylic acids is 1. The Morgan fingerprint density at radius 3 is 2.82 bits per heavy atom. The van der Waals surface area contributed by atoms with Crippen LogP contribution in [0.4, 0.5) is 14.9 Å². The van der Waals surface area contributed by atoms with Gasteiger partial charge in [0.1, 0.15) is 11.9 Å². The predicted octanol–water partition coefficient (Wildman–Crippen LogP) is 5.40. The molecule has 1 fully saturated rings. The number of urea groups is 1. The number of piperidine rings is 1. The third kappa shape index (κ3) is 4.06. The monoisotopic (exact) mass is 444 g/mol. The van der Waals surface area contributed by atoms with Crippen LogP contribution < -0.4 is 5.32 Å². The highest BCUT2D eigenvalue weighted by atomic mass is 79.9. The molecule has 2 amide bonds. The summed E-state index contributed by atoms with van der Waals surface area (Å²) in [4.78, 5) is 19.0. The minimum absolute atomic E-state index is 0.204. The Balaban J connectivity index is 1.54. The zero-order chi connectivity index (χ0) is 19.5. The van der Waals surface area contributed by atoms with E-state index in [0.717, 1.165) is 23.7 Å². The van der Waals surface area contributed by atoms with E-state index in [1.807, 2.05) is 24.3 Å². The van der Waals surface area contributed by atoms with Crippen molar-refractivity contribution < 1.29 is 13.7 Å². The number of rotatable bonds is 3. The summed E-state index contributed by atoms with van der Waals surface area (Å²) < 4.78 is 19.5. The van der Waals surface area contributed by atoms with E-state index < -0.39 is 0 Å². The van der Waals surface area contributed by atoms with Crippen LogP contribution in [0.5, 0.6) is 0 Å². The van der Waals surface area contributed by atoms with E-state index in [9.17, 15) is 9.18 Å². The average Bonchev–Trinajstić information content (AvgIpc) is 3.18. The maximum absolute atomic E-state index is 13.1. The Kier molecular flexibility index (Phi) is 5.38. The van der Waals surface area contributed by atoms with Crippen LogP contribution in [0.15, 0.2) is 57.5 Å². The highest BCUT2D eigenvalue weighted by Gasteiger charge is 2.32. The minimum Gasteiger partial charge on any atom is -0.337 e. The van der Waals surface area contributed by atoms with Gasteiger partial charge in [-0.3, -0.25) is 0 Å². The first-order chi connectivity index (χ1) is 13.6. The van der Waals surface area contributed by atoms with Gasteiger partial charge >= 0.3 is 6.03 Å². The molecule has 1 saturated heterocycles. The van der Waals surface area contributed by atoms with Crippen molar-refractivity contribution in [1.82, 2.24) is 15.0 Å². The smallest absolute Gasteiger partial charge is 0.322 e. The number of nitrogens with one attached hydrogen (secondary N) is 1. The zero-order valence-electron chi connectivity index (χ0n) is 14.9. The molecule has 1 aromatic heterocycles. The van der Waals surface area contributed by atoms with Crippen LogP contribution in [0.1, 0.15) is 31.2 Å². The molecule has 2 aromatic carbocycles. The third-order valence-electron chi connectivity index (χ3n) is 4.67. The lowest BCUT2D eigenvalue weighted by Crippen LogP contribution is -2.41.